The third-order valence-electron chi connectivity index (χ3n) is 3.71. The van der Waals surface area contributed by atoms with E-state index < -0.39 is 5.97 Å². The number of carboxylic acid groups (broad SMARTS) is 1. The number of fused-ring (bicyclic) bond motifs is 1. The lowest BCUT2D eigenvalue weighted by molar-refractivity contribution is -0.137. The molecule has 8 heteroatoms. The number of hydrogen-bond donors (Lipinski definition) is 2. The van der Waals surface area contributed by atoms with Gasteiger partial charge in [0.25, 0.3) is 0 Å². The van der Waals surface area contributed by atoms with Crippen molar-refractivity contribution in [2.24, 2.45) is 0 Å². The van der Waals surface area contributed by atoms with Crippen molar-refractivity contribution in [1.29, 1.82) is 0 Å². The second-order valence-corrected chi connectivity index (χ2v) is 5.18. The smallest absolute Gasteiger partial charge is 0.319 e. The number of aliphatic carboxylic acids is 1. The molecule has 2 fully saturated rings. The SMILES string of the molecule is CN(CCCC(=O)O)C(=O)N1CCN2C(=O)NCC2C1. The van der Waals surface area contributed by atoms with Crippen molar-refractivity contribution in [1.82, 2.24) is 20.0 Å². The molecule has 2 aliphatic heterocycles. The zero-order valence-electron chi connectivity index (χ0n) is 11.5. The van der Waals surface area contributed by atoms with Crippen LogP contribution in [0.3, 0.4) is 0 Å². The van der Waals surface area contributed by atoms with E-state index in [1.165, 1.54) is 0 Å². The molecule has 0 bridgehead atoms. The first-order valence-corrected chi connectivity index (χ1v) is 6.75. The van der Waals surface area contributed by atoms with Crippen molar-refractivity contribution in [3.8, 4) is 0 Å². The monoisotopic (exact) mass is 284 g/mol. The van der Waals surface area contributed by atoms with Gasteiger partial charge in [-0.15, -0.1) is 0 Å². The Hall–Kier alpha value is -1.99. The summed E-state index contributed by atoms with van der Waals surface area (Å²) in [5, 5.41) is 11.4. The maximum absolute atomic E-state index is 12.2. The van der Waals surface area contributed by atoms with Crippen LogP contribution in [0.2, 0.25) is 0 Å². The summed E-state index contributed by atoms with van der Waals surface area (Å²) in [4.78, 5) is 39.2. The molecular formula is C12H20N4O4. The van der Waals surface area contributed by atoms with Crippen LogP contribution in [0.4, 0.5) is 9.59 Å². The summed E-state index contributed by atoms with van der Waals surface area (Å²) in [5.41, 5.74) is 0. The Morgan fingerprint density at radius 2 is 2.20 bits per heavy atom. The predicted octanol–water partition coefficient (Wildman–Crippen LogP) is -0.388. The average molecular weight is 284 g/mol. The third kappa shape index (κ3) is 3.12. The molecule has 0 spiro atoms. The van der Waals surface area contributed by atoms with Crippen molar-refractivity contribution in [3.63, 3.8) is 0 Å². The molecule has 2 N–H and O–H groups in total. The van der Waals surface area contributed by atoms with E-state index in [1.54, 1.807) is 21.7 Å². The maximum atomic E-state index is 12.2. The normalized spacial score (nSPS) is 21.4. The average Bonchev–Trinajstić information content (AvgIpc) is 2.78. The van der Waals surface area contributed by atoms with Crippen molar-refractivity contribution in [2.75, 3.05) is 39.8 Å². The van der Waals surface area contributed by atoms with Crippen LogP contribution in [-0.2, 0) is 4.79 Å². The van der Waals surface area contributed by atoms with Gasteiger partial charge in [0.15, 0.2) is 0 Å². The number of carboxylic acids is 1. The Balaban J connectivity index is 1.81. The van der Waals surface area contributed by atoms with E-state index in [4.69, 9.17) is 5.11 Å². The van der Waals surface area contributed by atoms with E-state index in [0.717, 1.165) is 0 Å². The molecule has 0 aliphatic carbocycles. The molecular weight excluding hydrogens is 264 g/mol. The lowest BCUT2D eigenvalue weighted by Gasteiger charge is -2.38. The van der Waals surface area contributed by atoms with Gasteiger partial charge in [-0.2, -0.15) is 0 Å². The van der Waals surface area contributed by atoms with E-state index in [-0.39, 0.29) is 24.5 Å². The van der Waals surface area contributed by atoms with Gasteiger partial charge in [0.05, 0.1) is 6.04 Å². The molecule has 0 saturated carbocycles. The van der Waals surface area contributed by atoms with Crippen LogP contribution < -0.4 is 5.32 Å². The summed E-state index contributed by atoms with van der Waals surface area (Å²) in [5.74, 6) is -0.852. The molecule has 0 aromatic carbocycles. The molecule has 0 aromatic rings. The second-order valence-electron chi connectivity index (χ2n) is 5.18. The van der Waals surface area contributed by atoms with Gasteiger partial charge in [-0.1, -0.05) is 0 Å². The number of carbonyl (C=O) groups excluding carboxylic acids is 2. The van der Waals surface area contributed by atoms with Crippen LogP contribution >= 0.6 is 0 Å². The number of rotatable bonds is 4. The van der Waals surface area contributed by atoms with Gasteiger partial charge < -0.3 is 25.1 Å². The Kier molecular flexibility index (Phi) is 4.31. The molecule has 20 heavy (non-hydrogen) atoms. The van der Waals surface area contributed by atoms with Gasteiger partial charge in [0.2, 0.25) is 0 Å². The Morgan fingerprint density at radius 3 is 2.90 bits per heavy atom. The van der Waals surface area contributed by atoms with E-state index in [2.05, 4.69) is 5.32 Å². The van der Waals surface area contributed by atoms with Crippen molar-refractivity contribution in [2.45, 2.75) is 18.9 Å². The number of amides is 4. The molecule has 2 aliphatic rings. The molecule has 2 rings (SSSR count). The largest absolute Gasteiger partial charge is 0.481 e. The number of hydrogen-bond acceptors (Lipinski definition) is 3. The summed E-state index contributed by atoms with van der Waals surface area (Å²) in [7, 11) is 1.68. The molecule has 1 atom stereocenters. The predicted molar refractivity (Wildman–Crippen MR) is 70.4 cm³/mol. The Bertz CT molecular complexity index is 414. The fourth-order valence-electron chi connectivity index (χ4n) is 2.58. The third-order valence-corrected chi connectivity index (χ3v) is 3.71. The van der Waals surface area contributed by atoms with Crippen LogP contribution in [-0.4, -0.2) is 83.7 Å². The fraction of sp³-hybridized carbons (Fsp3) is 0.750. The first-order chi connectivity index (χ1) is 9.49. The summed E-state index contributed by atoms with van der Waals surface area (Å²) in [6, 6.07) is -0.112. The highest BCUT2D eigenvalue weighted by Crippen LogP contribution is 2.15. The van der Waals surface area contributed by atoms with E-state index in [1.807, 2.05) is 0 Å². The topological polar surface area (TPSA) is 93.2 Å². The van der Waals surface area contributed by atoms with Crippen LogP contribution in [0.5, 0.6) is 0 Å². The van der Waals surface area contributed by atoms with Crippen LogP contribution in [0, 0.1) is 0 Å². The number of nitrogens with one attached hydrogen (secondary N) is 1. The minimum atomic E-state index is -0.852. The van der Waals surface area contributed by atoms with Crippen molar-refractivity contribution >= 4 is 18.0 Å². The summed E-state index contributed by atoms with van der Waals surface area (Å²) < 4.78 is 0. The number of urea groups is 2. The van der Waals surface area contributed by atoms with Gasteiger partial charge >= 0.3 is 18.0 Å². The number of carbonyl (C=O) groups is 3. The Labute approximate surface area is 117 Å². The highest BCUT2D eigenvalue weighted by Gasteiger charge is 2.37. The fourth-order valence-corrected chi connectivity index (χ4v) is 2.58. The van der Waals surface area contributed by atoms with Gasteiger partial charge in [-0.25, -0.2) is 9.59 Å². The lowest BCUT2D eigenvalue weighted by Crippen LogP contribution is -2.56. The molecule has 4 amide bonds. The van der Waals surface area contributed by atoms with Gasteiger partial charge in [0, 0.05) is 46.2 Å². The van der Waals surface area contributed by atoms with Crippen molar-refractivity contribution in [3.05, 3.63) is 0 Å². The van der Waals surface area contributed by atoms with Gasteiger partial charge in [-0.05, 0) is 6.42 Å². The number of piperazine rings is 1. The first kappa shape index (κ1) is 14.4. The summed E-state index contributed by atoms with van der Waals surface area (Å²) in [6.07, 6.45) is 0.507. The molecule has 112 valence electrons. The Morgan fingerprint density at radius 1 is 1.45 bits per heavy atom. The number of nitrogens with zero attached hydrogens (tertiary/aromatic N) is 3. The van der Waals surface area contributed by atoms with E-state index in [0.29, 0.717) is 39.1 Å². The zero-order chi connectivity index (χ0) is 14.7. The van der Waals surface area contributed by atoms with Gasteiger partial charge in [-0.3, -0.25) is 4.79 Å². The first-order valence-electron chi connectivity index (χ1n) is 6.75. The minimum Gasteiger partial charge on any atom is -0.481 e. The van der Waals surface area contributed by atoms with Gasteiger partial charge in [0.1, 0.15) is 0 Å². The highest BCUT2D eigenvalue weighted by atomic mass is 16.4. The van der Waals surface area contributed by atoms with E-state index >= 15 is 0 Å². The van der Waals surface area contributed by atoms with Crippen molar-refractivity contribution < 1.29 is 19.5 Å². The summed E-state index contributed by atoms with van der Waals surface area (Å²) in [6.45, 7) is 2.59. The quantitative estimate of drug-likeness (QED) is 0.735. The standard InChI is InChI=1S/C12H20N4O4/c1-14(4-2-3-10(17)18)12(20)15-5-6-16-9(8-15)7-13-11(16)19/h9H,2-8H2,1H3,(H,13,19)(H,17,18). The molecule has 0 radical (unpaired) electrons. The molecule has 0 aromatic heterocycles. The summed E-state index contributed by atoms with van der Waals surface area (Å²) >= 11 is 0. The van der Waals surface area contributed by atoms with Crippen LogP contribution in [0.1, 0.15) is 12.8 Å². The molecule has 2 heterocycles. The minimum absolute atomic E-state index is 0.0487. The highest BCUT2D eigenvalue weighted by molar-refractivity contribution is 5.78. The zero-order valence-corrected chi connectivity index (χ0v) is 11.5. The second kappa shape index (κ2) is 5.98. The maximum Gasteiger partial charge on any atom is 0.319 e. The van der Waals surface area contributed by atoms with Crippen LogP contribution in [0.25, 0.3) is 0 Å². The molecule has 2 saturated heterocycles. The molecule has 8 nitrogen and oxygen atoms in total. The van der Waals surface area contributed by atoms with Crippen LogP contribution in [0.15, 0.2) is 0 Å². The van der Waals surface area contributed by atoms with E-state index in [9.17, 15) is 14.4 Å². The molecule has 1 unspecified atom stereocenters. The lowest BCUT2D eigenvalue weighted by atomic mass is 10.2.